The summed E-state index contributed by atoms with van der Waals surface area (Å²) < 4.78 is 0. The highest BCUT2D eigenvalue weighted by Gasteiger charge is 2.40. The Kier molecular flexibility index (Phi) is 4.78. The third-order valence-electron chi connectivity index (χ3n) is 3.67. The van der Waals surface area contributed by atoms with Gasteiger partial charge in [-0.15, -0.1) is 0 Å². The van der Waals surface area contributed by atoms with Crippen molar-refractivity contribution in [2.45, 2.75) is 0 Å². The van der Waals surface area contributed by atoms with Crippen molar-refractivity contribution in [3.63, 3.8) is 0 Å². The lowest BCUT2D eigenvalue weighted by molar-refractivity contribution is -0.131. The summed E-state index contributed by atoms with van der Waals surface area (Å²) in [6.07, 6.45) is 1.13. The second kappa shape index (κ2) is 7.17. The van der Waals surface area contributed by atoms with Gasteiger partial charge in [0.15, 0.2) is 5.92 Å². The average molecular weight is 367 g/mol. The number of rotatable bonds is 3. The van der Waals surface area contributed by atoms with Crippen molar-refractivity contribution < 1.29 is 14.4 Å². The van der Waals surface area contributed by atoms with Crippen LogP contribution in [0, 0.1) is 17.2 Å². The fourth-order valence-corrected chi connectivity index (χ4v) is 2.52. The van der Waals surface area contributed by atoms with Crippen molar-refractivity contribution in [2.24, 2.45) is 10.9 Å². The number of carbonyl (C=O) groups is 3. The van der Waals surface area contributed by atoms with Crippen molar-refractivity contribution in [1.29, 1.82) is 5.26 Å². The molecule has 0 saturated carbocycles. The molecule has 0 aromatic heterocycles. The lowest BCUT2D eigenvalue weighted by atomic mass is 10.1. The van der Waals surface area contributed by atoms with Crippen LogP contribution in [-0.2, 0) is 9.59 Å². The first-order valence-electron chi connectivity index (χ1n) is 7.49. The largest absolute Gasteiger partial charge is 0.335 e. The molecule has 1 atom stereocenters. The molecule has 7 nitrogen and oxygen atoms in total. The van der Waals surface area contributed by atoms with Crippen molar-refractivity contribution in [2.75, 3.05) is 4.90 Å². The third kappa shape index (κ3) is 3.31. The van der Waals surface area contributed by atoms with E-state index in [2.05, 4.69) is 10.3 Å². The van der Waals surface area contributed by atoms with Crippen LogP contribution in [0.4, 0.5) is 16.2 Å². The van der Waals surface area contributed by atoms with Gasteiger partial charge >= 0.3 is 6.03 Å². The van der Waals surface area contributed by atoms with Crippen molar-refractivity contribution in [3.05, 3.63) is 59.1 Å². The second-order valence-corrected chi connectivity index (χ2v) is 5.77. The number of halogens is 1. The van der Waals surface area contributed by atoms with E-state index in [1.807, 2.05) is 6.07 Å². The molecular formula is C18H11ClN4O3. The number of urea groups is 1. The summed E-state index contributed by atoms with van der Waals surface area (Å²) in [5.74, 6) is -2.81. The third-order valence-corrected chi connectivity index (χ3v) is 3.93. The monoisotopic (exact) mass is 366 g/mol. The number of para-hydroxylation sites is 1. The number of carbonyl (C=O) groups excluding carboxylic acids is 3. The molecule has 1 saturated heterocycles. The highest BCUT2D eigenvalue weighted by atomic mass is 35.5. The number of hydrogen-bond acceptors (Lipinski definition) is 5. The molecule has 1 heterocycles. The van der Waals surface area contributed by atoms with E-state index in [0.717, 1.165) is 11.1 Å². The Labute approximate surface area is 153 Å². The van der Waals surface area contributed by atoms with Crippen molar-refractivity contribution in [1.82, 2.24) is 5.32 Å². The Morgan fingerprint density at radius 3 is 2.50 bits per heavy atom. The Hall–Kier alpha value is -3.50. The van der Waals surface area contributed by atoms with Gasteiger partial charge in [0.25, 0.3) is 5.91 Å². The SMILES string of the molecule is N#Cc1ccccc1N=C[C@H]1C(=O)NC(=O)N(c2ccc(Cl)cc2)C1=O. The number of barbiturate groups is 1. The minimum Gasteiger partial charge on any atom is -0.276 e. The smallest absolute Gasteiger partial charge is 0.276 e. The molecule has 3 rings (SSSR count). The summed E-state index contributed by atoms with van der Waals surface area (Å²) in [6.45, 7) is 0. The predicted molar refractivity (Wildman–Crippen MR) is 95.3 cm³/mol. The summed E-state index contributed by atoms with van der Waals surface area (Å²) in [6, 6.07) is 13.7. The summed E-state index contributed by atoms with van der Waals surface area (Å²) in [4.78, 5) is 41.7. The zero-order valence-corrected chi connectivity index (χ0v) is 14.0. The van der Waals surface area contributed by atoms with E-state index in [0.29, 0.717) is 16.3 Å². The van der Waals surface area contributed by atoms with Gasteiger partial charge in [0.1, 0.15) is 6.07 Å². The van der Waals surface area contributed by atoms with Crippen LogP contribution in [0.1, 0.15) is 5.56 Å². The van der Waals surface area contributed by atoms with Gasteiger partial charge in [-0.05, 0) is 36.4 Å². The molecule has 1 N–H and O–H groups in total. The van der Waals surface area contributed by atoms with Gasteiger partial charge in [0.2, 0.25) is 5.91 Å². The molecule has 0 aliphatic carbocycles. The first-order chi connectivity index (χ1) is 12.5. The van der Waals surface area contributed by atoms with E-state index >= 15 is 0 Å². The van der Waals surface area contributed by atoms with E-state index in [9.17, 15) is 14.4 Å². The van der Waals surface area contributed by atoms with E-state index < -0.39 is 23.8 Å². The Morgan fingerprint density at radius 2 is 1.81 bits per heavy atom. The Balaban J connectivity index is 1.92. The molecule has 0 unspecified atom stereocenters. The normalized spacial score (nSPS) is 17.3. The fourth-order valence-electron chi connectivity index (χ4n) is 2.39. The van der Waals surface area contributed by atoms with Gasteiger partial charge < -0.3 is 0 Å². The number of amides is 4. The molecule has 0 radical (unpaired) electrons. The molecule has 4 amide bonds. The lowest BCUT2D eigenvalue weighted by Gasteiger charge is -2.28. The van der Waals surface area contributed by atoms with Crippen molar-refractivity contribution in [3.8, 4) is 6.07 Å². The molecule has 1 fully saturated rings. The van der Waals surface area contributed by atoms with Crippen LogP contribution in [0.5, 0.6) is 0 Å². The fraction of sp³-hybridized carbons (Fsp3) is 0.0556. The molecule has 128 valence electrons. The number of aliphatic imine (C=N–C) groups is 1. The summed E-state index contributed by atoms with van der Waals surface area (Å²) in [5.41, 5.74) is 0.906. The minimum atomic E-state index is -1.30. The van der Waals surface area contributed by atoms with Gasteiger partial charge in [-0.2, -0.15) is 5.26 Å². The van der Waals surface area contributed by atoms with E-state index in [4.69, 9.17) is 16.9 Å². The molecule has 8 heteroatoms. The number of nitriles is 1. The molecule has 0 bridgehead atoms. The highest BCUT2D eigenvalue weighted by molar-refractivity contribution is 6.33. The van der Waals surface area contributed by atoms with E-state index in [1.54, 1.807) is 24.3 Å². The topological polar surface area (TPSA) is 103 Å². The second-order valence-electron chi connectivity index (χ2n) is 5.33. The average Bonchev–Trinajstić information content (AvgIpc) is 2.63. The summed E-state index contributed by atoms with van der Waals surface area (Å²) in [5, 5.41) is 11.6. The van der Waals surface area contributed by atoms with Crippen LogP contribution in [0.25, 0.3) is 0 Å². The molecule has 2 aromatic rings. The van der Waals surface area contributed by atoms with Gasteiger partial charge in [-0.25, -0.2) is 9.69 Å². The van der Waals surface area contributed by atoms with E-state index in [1.165, 1.54) is 24.3 Å². The summed E-state index contributed by atoms with van der Waals surface area (Å²) in [7, 11) is 0. The van der Waals surface area contributed by atoms with Crippen LogP contribution in [0.2, 0.25) is 5.02 Å². The Morgan fingerprint density at radius 1 is 1.12 bits per heavy atom. The quantitative estimate of drug-likeness (QED) is 0.666. The maximum absolute atomic E-state index is 12.7. The van der Waals surface area contributed by atoms with Gasteiger partial charge in [0.05, 0.1) is 16.9 Å². The number of nitrogens with one attached hydrogen (secondary N) is 1. The summed E-state index contributed by atoms with van der Waals surface area (Å²) >= 11 is 5.82. The molecule has 0 spiro atoms. The zero-order valence-electron chi connectivity index (χ0n) is 13.2. The molecule has 1 aliphatic heterocycles. The first kappa shape index (κ1) is 17.3. The zero-order chi connectivity index (χ0) is 18.7. The van der Waals surface area contributed by atoms with Crippen LogP contribution in [-0.4, -0.2) is 24.1 Å². The molecule has 1 aliphatic rings. The molecule has 2 aromatic carbocycles. The molecule has 26 heavy (non-hydrogen) atoms. The number of hydrogen-bond donors (Lipinski definition) is 1. The van der Waals surface area contributed by atoms with Gasteiger partial charge in [-0.3, -0.25) is 19.9 Å². The number of imide groups is 2. The van der Waals surface area contributed by atoms with Crippen LogP contribution in [0.15, 0.2) is 53.5 Å². The van der Waals surface area contributed by atoms with E-state index in [-0.39, 0.29) is 5.69 Å². The van der Waals surface area contributed by atoms with Crippen LogP contribution >= 0.6 is 11.6 Å². The predicted octanol–water partition coefficient (Wildman–Crippen LogP) is 2.81. The lowest BCUT2D eigenvalue weighted by Crippen LogP contribution is -2.58. The van der Waals surface area contributed by atoms with Crippen molar-refractivity contribution >= 4 is 47.0 Å². The maximum atomic E-state index is 12.7. The highest BCUT2D eigenvalue weighted by Crippen LogP contribution is 2.23. The first-order valence-corrected chi connectivity index (χ1v) is 7.86. The van der Waals surface area contributed by atoms with Crippen LogP contribution < -0.4 is 10.2 Å². The maximum Gasteiger partial charge on any atom is 0.335 e. The Bertz CT molecular complexity index is 963. The number of nitrogens with zero attached hydrogens (tertiary/aromatic N) is 3. The number of benzene rings is 2. The minimum absolute atomic E-state index is 0.278. The van der Waals surface area contributed by atoms with Crippen LogP contribution in [0.3, 0.4) is 0 Å². The van der Waals surface area contributed by atoms with Gasteiger partial charge in [0, 0.05) is 11.2 Å². The standard InChI is InChI=1S/C18H11ClN4O3/c19-12-5-7-13(8-6-12)23-17(25)14(16(24)22-18(23)26)10-21-15-4-2-1-3-11(15)9-20/h1-8,10,14H,(H,22,24,26)/t14-/m0/s1. The molecular weight excluding hydrogens is 356 g/mol. The number of anilines is 1. The van der Waals surface area contributed by atoms with Gasteiger partial charge in [-0.1, -0.05) is 23.7 Å².